The van der Waals surface area contributed by atoms with E-state index in [2.05, 4.69) is 0 Å². The van der Waals surface area contributed by atoms with Gasteiger partial charge in [0.25, 0.3) is 0 Å². The van der Waals surface area contributed by atoms with E-state index in [-0.39, 0.29) is 6.92 Å². The molecule has 0 amide bonds. The number of alkyl halides is 9. The van der Waals surface area contributed by atoms with Crippen molar-refractivity contribution in [1.82, 2.24) is 0 Å². The average Bonchev–Trinajstić information content (AvgIpc) is 2.18. The summed E-state index contributed by atoms with van der Waals surface area (Å²) in [5.41, 5.74) is -4.45. The van der Waals surface area contributed by atoms with Gasteiger partial charge in [0.15, 0.2) is 5.41 Å². The first-order valence-electron chi connectivity index (χ1n) is 5.48. The summed E-state index contributed by atoms with van der Waals surface area (Å²) < 4.78 is 113. The maximum atomic E-state index is 12.5. The van der Waals surface area contributed by atoms with E-state index in [1.807, 2.05) is 0 Å². The zero-order valence-electron chi connectivity index (χ0n) is 10.3. The molecule has 0 aliphatic carbocycles. The van der Waals surface area contributed by atoms with Gasteiger partial charge in [0.2, 0.25) is 0 Å². The van der Waals surface area contributed by atoms with Crippen LogP contribution in [0.4, 0.5) is 39.5 Å². The lowest BCUT2D eigenvalue weighted by Gasteiger charge is -2.37. The van der Waals surface area contributed by atoms with Crippen molar-refractivity contribution in [1.29, 1.82) is 0 Å². The zero-order valence-corrected chi connectivity index (χ0v) is 10.3. The fourth-order valence-corrected chi connectivity index (χ4v) is 1.60. The van der Waals surface area contributed by atoms with E-state index in [0.717, 1.165) is 0 Å². The van der Waals surface area contributed by atoms with E-state index >= 15 is 0 Å². The highest BCUT2D eigenvalue weighted by molar-refractivity contribution is 4.92. The third-order valence-corrected chi connectivity index (χ3v) is 3.08. The smallest absolute Gasteiger partial charge is 0.396 e. The quantitative estimate of drug-likeness (QED) is 0.742. The Morgan fingerprint density at radius 1 is 0.850 bits per heavy atom. The largest absolute Gasteiger partial charge is 0.402 e. The molecule has 1 N–H and O–H groups in total. The minimum Gasteiger partial charge on any atom is -0.396 e. The van der Waals surface area contributed by atoms with Gasteiger partial charge >= 0.3 is 18.5 Å². The zero-order chi connectivity index (χ0) is 16.4. The molecule has 0 saturated carbocycles. The Morgan fingerprint density at radius 3 is 1.50 bits per heavy atom. The molecule has 0 heterocycles. The van der Waals surface area contributed by atoms with Crippen molar-refractivity contribution in [3.63, 3.8) is 0 Å². The number of hydrogen-bond acceptors (Lipinski definition) is 1. The highest BCUT2D eigenvalue weighted by atomic mass is 19.4. The molecule has 0 aromatic heterocycles. The lowest BCUT2D eigenvalue weighted by atomic mass is 9.77. The molecule has 1 atom stereocenters. The molecule has 1 nitrogen and oxygen atoms in total. The molecule has 0 aromatic carbocycles. The third-order valence-electron chi connectivity index (χ3n) is 3.08. The second-order valence-corrected chi connectivity index (χ2v) is 4.64. The summed E-state index contributed by atoms with van der Waals surface area (Å²) in [6, 6.07) is 0. The Balaban J connectivity index is 5.42. The van der Waals surface area contributed by atoms with Crippen LogP contribution < -0.4 is 0 Å². The summed E-state index contributed by atoms with van der Waals surface area (Å²) in [4.78, 5) is 0. The van der Waals surface area contributed by atoms with E-state index in [1.165, 1.54) is 0 Å². The lowest BCUT2D eigenvalue weighted by molar-refractivity contribution is -0.346. The minimum atomic E-state index is -5.85. The van der Waals surface area contributed by atoms with Crippen LogP contribution in [0.5, 0.6) is 0 Å². The van der Waals surface area contributed by atoms with Crippen LogP contribution in [0.25, 0.3) is 0 Å². The first kappa shape index (κ1) is 19.3. The average molecular weight is 320 g/mol. The highest BCUT2D eigenvalue weighted by Crippen LogP contribution is 2.55. The van der Waals surface area contributed by atoms with Crippen LogP contribution in [0.3, 0.4) is 0 Å². The van der Waals surface area contributed by atoms with E-state index in [1.54, 1.807) is 0 Å². The molecule has 10 heteroatoms. The van der Waals surface area contributed by atoms with E-state index < -0.39 is 55.7 Å². The summed E-state index contributed by atoms with van der Waals surface area (Å²) in [7, 11) is 0. The van der Waals surface area contributed by atoms with Gasteiger partial charge in [-0.2, -0.15) is 39.5 Å². The van der Waals surface area contributed by atoms with Gasteiger partial charge < -0.3 is 5.11 Å². The van der Waals surface area contributed by atoms with Crippen molar-refractivity contribution in [2.75, 3.05) is 6.61 Å². The topological polar surface area (TPSA) is 20.2 Å². The molecule has 0 fully saturated rings. The highest BCUT2D eigenvalue weighted by Gasteiger charge is 2.68. The molecule has 0 aromatic rings. The number of halogens is 9. The van der Waals surface area contributed by atoms with Gasteiger partial charge in [-0.05, 0) is 26.2 Å². The fraction of sp³-hybridized carbons (Fsp3) is 1.00. The summed E-state index contributed by atoms with van der Waals surface area (Å²) in [5, 5.41) is 8.39. The molecule has 0 radical (unpaired) electrons. The van der Waals surface area contributed by atoms with E-state index in [9.17, 15) is 39.5 Å². The Morgan fingerprint density at radius 2 is 1.25 bits per heavy atom. The van der Waals surface area contributed by atoms with Crippen LogP contribution in [0.1, 0.15) is 26.2 Å². The fourth-order valence-electron chi connectivity index (χ4n) is 1.60. The first-order chi connectivity index (χ1) is 8.67. The van der Waals surface area contributed by atoms with Crippen molar-refractivity contribution >= 4 is 0 Å². The number of aliphatic hydroxyl groups excluding tert-OH is 1. The second kappa shape index (κ2) is 5.98. The summed E-state index contributed by atoms with van der Waals surface area (Å²) in [6.07, 6.45) is -20.6. The van der Waals surface area contributed by atoms with Crippen molar-refractivity contribution in [3.8, 4) is 0 Å². The van der Waals surface area contributed by atoms with Crippen LogP contribution in [-0.4, -0.2) is 30.2 Å². The van der Waals surface area contributed by atoms with Crippen molar-refractivity contribution in [3.05, 3.63) is 0 Å². The Bertz CT molecular complexity index is 287. The van der Waals surface area contributed by atoms with E-state index in [4.69, 9.17) is 5.11 Å². The normalized spacial score (nSPS) is 16.4. The molecule has 0 spiro atoms. The molecule has 0 aliphatic rings. The van der Waals surface area contributed by atoms with Gasteiger partial charge in [-0.15, -0.1) is 0 Å². The summed E-state index contributed by atoms with van der Waals surface area (Å²) in [6.45, 7) is -1.04. The third kappa shape index (κ3) is 4.42. The molecule has 1 unspecified atom stereocenters. The lowest BCUT2D eigenvalue weighted by Crippen LogP contribution is -2.50. The Kier molecular flexibility index (Phi) is 5.78. The second-order valence-electron chi connectivity index (χ2n) is 4.64. The molecular formula is C10H13F9O. The SMILES string of the molecule is CC(CC(CCCO)C(F)(F)F)(C(F)(F)F)C(F)(F)F. The Hall–Kier alpha value is -0.670. The van der Waals surface area contributed by atoms with Crippen LogP contribution in [0.2, 0.25) is 0 Å². The van der Waals surface area contributed by atoms with Gasteiger partial charge in [-0.3, -0.25) is 0 Å². The number of hydrogen-bond donors (Lipinski definition) is 1. The molecule has 0 aliphatic heterocycles. The molecule has 0 bridgehead atoms. The molecular weight excluding hydrogens is 307 g/mol. The monoisotopic (exact) mass is 320 g/mol. The van der Waals surface area contributed by atoms with Crippen molar-refractivity contribution < 1.29 is 44.6 Å². The molecule has 20 heavy (non-hydrogen) atoms. The van der Waals surface area contributed by atoms with Gasteiger partial charge in [0, 0.05) is 6.61 Å². The predicted molar refractivity (Wildman–Crippen MR) is 50.7 cm³/mol. The van der Waals surface area contributed by atoms with Crippen LogP contribution in [0.15, 0.2) is 0 Å². The Labute approximate surface area is 108 Å². The van der Waals surface area contributed by atoms with Gasteiger partial charge in [-0.1, -0.05) is 0 Å². The number of rotatable bonds is 5. The molecule has 122 valence electrons. The van der Waals surface area contributed by atoms with Crippen molar-refractivity contribution in [2.45, 2.75) is 44.7 Å². The maximum absolute atomic E-state index is 12.5. The summed E-state index contributed by atoms with van der Waals surface area (Å²) in [5.74, 6) is -2.79. The van der Waals surface area contributed by atoms with Crippen LogP contribution >= 0.6 is 0 Å². The van der Waals surface area contributed by atoms with E-state index in [0.29, 0.717) is 0 Å². The predicted octanol–water partition coefficient (Wildman–Crippen LogP) is 4.46. The van der Waals surface area contributed by atoms with Crippen LogP contribution in [0, 0.1) is 11.3 Å². The maximum Gasteiger partial charge on any atom is 0.402 e. The number of aliphatic hydroxyl groups is 1. The molecule has 0 rings (SSSR count). The van der Waals surface area contributed by atoms with Gasteiger partial charge in [0.1, 0.15) is 0 Å². The standard InChI is InChI=1S/C10H13F9O/c1-7(9(14,15)16,10(17,18)19)5-6(3-2-4-20)8(11,12)13/h6,20H,2-5H2,1H3. The first-order valence-corrected chi connectivity index (χ1v) is 5.48. The van der Waals surface area contributed by atoms with Gasteiger partial charge in [-0.25, -0.2) is 0 Å². The minimum absolute atomic E-state index is 0.287. The van der Waals surface area contributed by atoms with Crippen molar-refractivity contribution in [2.24, 2.45) is 11.3 Å². The molecule has 0 saturated heterocycles. The summed E-state index contributed by atoms with van der Waals surface area (Å²) >= 11 is 0. The van der Waals surface area contributed by atoms with Crippen LogP contribution in [-0.2, 0) is 0 Å². The van der Waals surface area contributed by atoms with Gasteiger partial charge in [0.05, 0.1) is 5.92 Å².